The fourth-order valence-corrected chi connectivity index (χ4v) is 1.86. The molecule has 2 heteroatoms. The van der Waals surface area contributed by atoms with E-state index in [9.17, 15) is 4.79 Å². The van der Waals surface area contributed by atoms with E-state index < -0.39 is 5.41 Å². The predicted octanol–water partition coefficient (Wildman–Crippen LogP) is 5.16. The van der Waals surface area contributed by atoms with Crippen LogP contribution in [0.25, 0.3) is 11.8 Å². The summed E-state index contributed by atoms with van der Waals surface area (Å²) in [6.07, 6.45) is 2.64. The molecule has 0 amide bonds. The molecule has 2 aromatic rings. The summed E-state index contributed by atoms with van der Waals surface area (Å²) in [4.78, 5) is 12.4. The summed E-state index contributed by atoms with van der Waals surface area (Å²) in [5, 5.41) is 0. The Labute approximate surface area is 132 Å². The molecule has 0 aliphatic carbocycles. The first-order chi connectivity index (χ1) is 10.5. The molecule has 0 radical (unpaired) electrons. The molecule has 0 aromatic heterocycles. The number of carbonyl (C=O) groups is 1. The van der Waals surface area contributed by atoms with Crippen molar-refractivity contribution in [1.82, 2.24) is 0 Å². The fraction of sp³-hybridized carbons (Fsp3) is 0.250. The van der Waals surface area contributed by atoms with Crippen molar-refractivity contribution >= 4 is 17.8 Å². The molecule has 2 nitrogen and oxygen atoms in total. The second-order valence-electron chi connectivity index (χ2n) is 5.91. The molecule has 0 N–H and O–H groups in total. The monoisotopic (exact) mass is 294 g/mol. The van der Waals surface area contributed by atoms with Gasteiger partial charge in [0.15, 0.2) is 0 Å². The molecule has 114 valence electrons. The van der Waals surface area contributed by atoms with Gasteiger partial charge in [-0.1, -0.05) is 67.6 Å². The maximum atomic E-state index is 12.4. The Kier molecular flexibility index (Phi) is 5.16. The van der Waals surface area contributed by atoms with Gasteiger partial charge >= 0.3 is 5.97 Å². The first-order valence-corrected chi connectivity index (χ1v) is 7.57. The molecule has 2 rings (SSSR count). The zero-order chi connectivity index (χ0) is 16.0. The molecule has 0 unspecified atom stereocenters. The Hall–Kier alpha value is -2.35. The fourth-order valence-electron chi connectivity index (χ4n) is 1.86. The SMILES string of the molecule is CCC(C)(C)C(=O)O/C(=C\c1ccccc1)c1ccccc1. The van der Waals surface area contributed by atoms with Crippen LogP contribution in [0.4, 0.5) is 0 Å². The van der Waals surface area contributed by atoms with Crippen molar-refractivity contribution in [1.29, 1.82) is 0 Å². The van der Waals surface area contributed by atoms with Gasteiger partial charge in [0.1, 0.15) is 5.76 Å². The molecule has 0 saturated carbocycles. The van der Waals surface area contributed by atoms with E-state index in [4.69, 9.17) is 4.74 Å². The normalized spacial score (nSPS) is 12.0. The van der Waals surface area contributed by atoms with E-state index >= 15 is 0 Å². The number of benzene rings is 2. The molecule has 2 aromatic carbocycles. The number of esters is 1. The lowest BCUT2D eigenvalue weighted by molar-refractivity contribution is -0.146. The first-order valence-electron chi connectivity index (χ1n) is 7.57. The average molecular weight is 294 g/mol. The standard InChI is InChI=1S/C20H22O2/c1-4-20(2,3)19(21)22-18(17-13-9-6-10-14-17)15-16-11-7-5-8-12-16/h5-15H,4H2,1-3H3/b18-15-. The van der Waals surface area contributed by atoms with E-state index in [2.05, 4.69) is 0 Å². The van der Waals surface area contributed by atoms with Gasteiger partial charge in [0.2, 0.25) is 0 Å². The van der Waals surface area contributed by atoms with Crippen LogP contribution in [0.5, 0.6) is 0 Å². The highest BCUT2D eigenvalue weighted by molar-refractivity contribution is 5.87. The minimum atomic E-state index is -0.495. The maximum absolute atomic E-state index is 12.4. The second-order valence-corrected chi connectivity index (χ2v) is 5.91. The van der Waals surface area contributed by atoms with Crippen molar-refractivity contribution in [3.8, 4) is 0 Å². The van der Waals surface area contributed by atoms with Gasteiger partial charge in [-0.25, -0.2) is 0 Å². The zero-order valence-electron chi connectivity index (χ0n) is 13.4. The molecule has 22 heavy (non-hydrogen) atoms. The van der Waals surface area contributed by atoms with Crippen molar-refractivity contribution in [2.24, 2.45) is 5.41 Å². The molecule has 0 atom stereocenters. The smallest absolute Gasteiger partial charge is 0.316 e. The average Bonchev–Trinajstić information content (AvgIpc) is 2.56. The van der Waals surface area contributed by atoms with Gasteiger partial charge in [-0.2, -0.15) is 0 Å². The van der Waals surface area contributed by atoms with Gasteiger partial charge < -0.3 is 4.74 Å². The van der Waals surface area contributed by atoms with Gasteiger partial charge in [-0.3, -0.25) is 4.79 Å². The summed E-state index contributed by atoms with van der Waals surface area (Å²) in [6, 6.07) is 19.6. The molecule has 0 aliphatic rings. The van der Waals surface area contributed by atoms with Crippen molar-refractivity contribution in [3.05, 3.63) is 71.8 Å². The van der Waals surface area contributed by atoms with Crippen molar-refractivity contribution in [2.45, 2.75) is 27.2 Å². The Bertz CT molecular complexity index is 640. The molecule has 0 saturated heterocycles. The summed E-state index contributed by atoms with van der Waals surface area (Å²) >= 11 is 0. The summed E-state index contributed by atoms with van der Waals surface area (Å²) in [5.41, 5.74) is 1.40. The molecular weight excluding hydrogens is 272 g/mol. The Morgan fingerprint density at radius 3 is 2.09 bits per heavy atom. The van der Waals surface area contributed by atoms with E-state index in [-0.39, 0.29) is 5.97 Å². The Morgan fingerprint density at radius 1 is 1.00 bits per heavy atom. The van der Waals surface area contributed by atoms with Gasteiger partial charge in [-0.15, -0.1) is 0 Å². The number of ether oxygens (including phenoxy) is 1. The van der Waals surface area contributed by atoms with Crippen LogP contribution in [0.2, 0.25) is 0 Å². The number of hydrogen-bond donors (Lipinski definition) is 0. The van der Waals surface area contributed by atoms with E-state index in [0.717, 1.165) is 17.5 Å². The zero-order valence-corrected chi connectivity index (χ0v) is 13.4. The lowest BCUT2D eigenvalue weighted by Gasteiger charge is -2.21. The molecular formula is C20H22O2. The molecule has 0 aliphatic heterocycles. The van der Waals surface area contributed by atoms with E-state index in [1.807, 2.05) is 87.5 Å². The summed E-state index contributed by atoms with van der Waals surface area (Å²) in [6.45, 7) is 5.80. The summed E-state index contributed by atoms with van der Waals surface area (Å²) < 4.78 is 5.72. The number of hydrogen-bond acceptors (Lipinski definition) is 2. The Morgan fingerprint density at radius 2 is 1.55 bits per heavy atom. The van der Waals surface area contributed by atoms with Crippen molar-refractivity contribution in [3.63, 3.8) is 0 Å². The van der Waals surface area contributed by atoms with Crippen LogP contribution in [0.1, 0.15) is 38.3 Å². The topological polar surface area (TPSA) is 26.3 Å². The highest BCUT2D eigenvalue weighted by atomic mass is 16.5. The van der Waals surface area contributed by atoms with Crippen LogP contribution >= 0.6 is 0 Å². The number of carbonyl (C=O) groups excluding carboxylic acids is 1. The van der Waals surface area contributed by atoms with Crippen molar-refractivity contribution < 1.29 is 9.53 Å². The minimum absolute atomic E-state index is 0.207. The second kappa shape index (κ2) is 7.08. The molecule has 0 spiro atoms. The van der Waals surface area contributed by atoms with Crippen LogP contribution in [0.15, 0.2) is 60.7 Å². The van der Waals surface area contributed by atoms with E-state index in [1.54, 1.807) is 0 Å². The van der Waals surface area contributed by atoms with E-state index in [1.165, 1.54) is 0 Å². The van der Waals surface area contributed by atoms with E-state index in [0.29, 0.717) is 5.76 Å². The quantitative estimate of drug-likeness (QED) is 0.432. The van der Waals surface area contributed by atoms with Gasteiger partial charge in [0.05, 0.1) is 5.41 Å². The molecule has 0 fully saturated rings. The lowest BCUT2D eigenvalue weighted by atomic mass is 9.90. The van der Waals surface area contributed by atoms with Crippen LogP contribution in [0.3, 0.4) is 0 Å². The lowest BCUT2D eigenvalue weighted by Crippen LogP contribution is -2.25. The van der Waals surface area contributed by atoms with Gasteiger partial charge in [0, 0.05) is 5.56 Å². The highest BCUT2D eigenvalue weighted by Crippen LogP contribution is 2.27. The summed E-state index contributed by atoms with van der Waals surface area (Å²) in [5.74, 6) is 0.374. The van der Waals surface area contributed by atoms with Crippen LogP contribution in [0, 0.1) is 5.41 Å². The van der Waals surface area contributed by atoms with Gasteiger partial charge in [-0.05, 0) is 31.9 Å². The Balaban J connectivity index is 2.35. The third-order valence-electron chi connectivity index (χ3n) is 3.79. The highest BCUT2D eigenvalue weighted by Gasteiger charge is 2.28. The van der Waals surface area contributed by atoms with Gasteiger partial charge in [0.25, 0.3) is 0 Å². The molecule has 0 bridgehead atoms. The largest absolute Gasteiger partial charge is 0.425 e. The third-order valence-corrected chi connectivity index (χ3v) is 3.79. The van der Waals surface area contributed by atoms with Crippen LogP contribution in [-0.4, -0.2) is 5.97 Å². The third kappa shape index (κ3) is 4.08. The predicted molar refractivity (Wildman–Crippen MR) is 90.9 cm³/mol. The maximum Gasteiger partial charge on any atom is 0.316 e. The molecule has 0 heterocycles. The number of rotatable bonds is 5. The summed E-state index contributed by atoms with van der Waals surface area (Å²) in [7, 11) is 0. The minimum Gasteiger partial charge on any atom is -0.425 e. The van der Waals surface area contributed by atoms with Crippen molar-refractivity contribution in [2.75, 3.05) is 0 Å². The van der Waals surface area contributed by atoms with Crippen LogP contribution in [-0.2, 0) is 9.53 Å². The first kappa shape index (κ1) is 16.0. The van der Waals surface area contributed by atoms with Crippen LogP contribution < -0.4 is 0 Å².